The van der Waals surface area contributed by atoms with Crippen molar-refractivity contribution in [3.63, 3.8) is 0 Å². The Morgan fingerprint density at radius 2 is 2.00 bits per heavy atom. The Hall–Kier alpha value is -1.56. The maximum absolute atomic E-state index is 5.40. The number of methoxy groups -OCH3 is 1. The van der Waals surface area contributed by atoms with Gasteiger partial charge in [-0.25, -0.2) is 0 Å². The molecule has 6 nitrogen and oxygen atoms in total. The molecule has 0 saturated heterocycles. The Balaban J connectivity index is 2.59. The molecule has 1 aromatic heterocycles. The average Bonchev–Trinajstić information content (AvgIpc) is 2.71. The lowest BCUT2D eigenvalue weighted by Crippen LogP contribution is -2.40. The Morgan fingerprint density at radius 3 is 2.50 bits per heavy atom. The number of guanidine groups is 1. The highest BCUT2D eigenvalue weighted by atomic mass is 16.5. The molecule has 2 N–H and O–H groups in total. The second-order valence-electron chi connectivity index (χ2n) is 6.11. The van der Waals surface area contributed by atoms with Gasteiger partial charge in [0.2, 0.25) is 0 Å². The molecule has 0 saturated carbocycles. The van der Waals surface area contributed by atoms with Crippen LogP contribution in [0.5, 0.6) is 0 Å². The molecule has 0 bridgehead atoms. The molecule has 0 aromatic carbocycles. The summed E-state index contributed by atoms with van der Waals surface area (Å²) in [5.41, 5.74) is 3.38. The van der Waals surface area contributed by atoms with E-state index >= 15 is 0 Å². The summed E-state index contributed by atoms with van der Waals surface area (Å²) in [7, 11) is 3.70. The average molecular weight is 309 g/mol. The van der Waals surface area contributed by atoms with E-state index in [1.165, 1.54) is 11.3 Å². The van der Waals surface area contributed by atoms with Crippen LogP contribution in [0.25, 0.3) is 0 Å². The van der Waals surface area contributed by atoms with Crippen LogP contribution in [-0.4, -0.2) is 48.1 Å². The van der Waals surface area contributed by atoms with E-state index in [1.54, 1.807) is 7.11 Å². The van der Waals surface area contributed by atoms with Crippen LogP contribution in [0, 0.1) is 13.8 Å². The molecule has 1 aromatic rings. The molecule has 6 heteroatoms. The number of aromatic nitrogens is 2. The van der Waals surface area contributed by atoms with Crippen LogP contribution in [0.15, 0.2) is 4.99 Å². The minimum absolute atomic E-state index is 0.251. The molecular weight excluding hydrogens is 278 g/mol. The standard InChI is InChI=1S/C16H31N5O/c1-8-17-15(19-11-16(4,5)22-7)18-10-9-14-12(2)20-21(6)13(14)3/h8-11H2,1-7H3,(H2,17,18,19). The summed E-state index contributed by atoms with van der Waals surface area (Å²) in [6.45, 7) is 12.6. The van der Waals surface area contributed by atoms with Crippen molar-refractivity contribution in [3.05, 3.63) is 17.0 Å². The maximum atomic E-state index is 5.40. The van der Waals surface area contributed by atoms with Crippen LogP contribution in [0.3, 0.4) is 0 Å². The molecular formula is C16H31N5O. The van der Waals surface area contributed by atoms with Crippen molar-refractivity contribution in [1.82, 2.24) is 20.4 Å². The van der Waals surface area contributed by atoms with Gasteiger partial charge in [0.05, 0.1) is 17.8 Å². The zero-order valence-electron chi connectivity index (χ0n) is 15.1. The van der Waals surface area contributed by atoms with E-state index in [0.717, 1.165) is 31.2 Å². The highest BCUT2D eigenvalue weighted by molar-refractivity contribution is 5.79. The van der Waals surface area contributed by atoms with Crippen molar-refractivity contribution in [2.24, 2.45) is 12.0 Å². The van der Waals surface area contributed by atoms with Crippen LogP contribution >= 0.6 is 0 Å². The highest BCUT2D eigenvalue weighted by Crippen LogP contribution is 2.12. The Bertz CT molecular complexity index is 505. The summed E-state index contributed by atoms with van der Waals surface area (Å²) in [6, 6.07) is 0. The molecule has 0 aliphatic heterocycles. The Morgan fingerprint density at radius 1 is 1.32 bits per heavy atom. The quantitative estimate of drug-likeness (QED) is 0.593. The predicted molar refractivity (Wildman–Crippen MR) is 91.5 cm³/mol. The molecule has 0 atom stereocenters. The predicted octanol–water partition coefficient (Wildman–Crippen LogP) is 1.56. The van der Waals surface area contributed by atoms with Crippen molar-refractivity contribution >= 4 is 5.96 Å². The van der Waals surface area contributed by atoms with E-state index in [-0.39, 0.29) is 5.60 Å². The molecule has 0 unspecified atom stereocenters. The largest absolute Gasteiger partial charge is 0.377 e. The van der Waals surface area contributed by atoms with Crippen molar-refractivity contribution in [2.75, 3.05) is 26.7 Å². The third-order valence-electron chi connectivity index (χ3n) is 3.84. The van der Waals surface area contributed by atoms with Gasteiger partial charge in [-0.05, 0) is 46.6 Å². The third kappa shape index (κ3) is 5.33. The lowest BCUT2D eigenvalue weighted by atomic mass is 10.1. The number of ether oxygens (including phenoxy) is 1. The van der Waals surface area contributed by atoms with Gasteiger partial charge in [0.1, 0.15) is 0 Å². The molecule has 0 fully saturated rings. The van der Waals surface area contributed by atoms with Gasteiger partial charge in [0.15, 0.2) is 5.96 Å². The van der Waals surface area contributed by atoms with Gasteiger partial charge in [-0.2, -0.15) is 5.10 Å². The van der Waals surface area contributed by atoms with Gasteiger partial charge in [-0.15, -0.1) is 0 Å². The van der Waals surface area contributed by atoms with Crippen LogP contribution < -0.4 is 10.6 Å². The van der Waals surface area contributed by atoms with E-state index in [9.17, 15) is 0 Å². The van der Waals surface area contributed by atoms with Gasteiger partial charge in [-0.1, -0.05) is 0 Å². The van der Waals surface area contributed by atoms with E-state index in [2.05, 4.69) is 41.5 Å². The van der Waals surface area contributed by atoms with Crippen molar-refractivity contribution in [2.45, 2.75) is 46.6 Å². The topological polar surface area (TPSA) is 63.5 Å². The van der Waals surface area contributed by atoms with Gasteiger partial charge in [0, 0.05) is 32.9 Å². The molecule has 0 spiro atoms. The number of rotatable bonds is 7. The molecule has 1 rings (SSSR count). The fourth-order valence-corrected chi connectivity index (χ4v) is 2.16. The van der Waals surface area contributed by atoms with Crippen molar-refractivity contribution in [3.8, 4) is 0 Å². The summed E-state index contributed by atoms with van der Waals surface area (Å²) >= 11 is 0. The fraction of sp³-hybridized carbons (Fsp3) is 0.750. The zero-order valence-corrected chi connectivity index (χ0v) is 15.1. The minimum atomic E-state index is -0.251. The molecule has 0 aliphatic rings. The van der Waals surface area contributed by atoms with E-state index in [0.29, 0.717) is 6.54 Å². The normalized spacial score (nSPS) is 12.6. The first-order chi connectivity index (χ1) is 10.3. The zero-order chi connectivity index (χ0) is 16.8. The Kier molecular flexibility index (Phi) is 6.87. The minimum Gasteiger partial charge on any atom is -0.377 e. The van der Waals surface area contributed by atoms with Crippen molar-refractivity contribution < 1.29 is 4.74 Å². The first-order valence-corrected chi connectivity index (χ1v) is 7.87. The summed E-state index contributed by atoms with van der Waals surface area (Å²) in [5, 5.41) is 11.1. The number of nitrogens with zero attached hydrogens (tertiary/aromatic N) is 3. The second-order valence-corrected chi connectivity index (χ2v) is 6.11. The fourth-order valence-electron chi connectivity index (χ4n) is 2.16. The monoisotopic (exact) mass is 309 g/mol. The van der Waals surface area contributed by atoms with Gasteiger partial charge in [-0.3, -0.25) is 9.67 Å². The number of aliphatic imine (C=N–C) groups is 1. The number of hydrogen-bond acceptors (Lipinski definition) is 3. The van der Waals surface area contributed by atoms with Gasteiger partial charge >= 0.3 is 0 Å². The lowest BCUT2D eigenvalue weighted by Gasteiger charge is -2.21. The molecule has 126 valence electrons. The number of hydrogen-bond donors (Lipinski definition) is 2. The van der Waals surface area contributed by atoms with Crippen LogP contribution in [0.2, 0.25) is 0 Å². The summed E-state index contributed by atoms with van der Waals surface area (Å²) in [6.07, 6.45) is 0.934. The lowest BCUT2D eigenvalue weighted by molar-refractivity contribution is 0.0310. The molecule has 22 heavy (non-hydrogen) atoms. The molecule has 0 amide bonds. The SMILES string of the molecule is CCNC(=NCC(C)(C)OC)NCCc1c(C)nn(C)c1C. The smallest absolute Gasteiger partial charge is 0.191 e. The van der Waals surface area contributed by atoms with Gasteiger partial charge in [0.25, 0.3) is 0 Å². The summed E-state index contributed by atoms with van der Waals surface area (Å²) < 4.78 is 7.34. The van der Waals surface area contributed by atoms with Crippen LogP contribution in [0.1, 0.15) is 37.7 Å². The van der Waals surface area contributed by atoms with Crippen LogP contribution in [-0.2, 0) is 18.2 Å². The number of nitrogens with one attached hydrogen (secondary N) is 2. The second kappa shape index (κ2) is 8.17. The van der Waals surface area contributed by atoms with Crippen molar-refractivity contribution in [1.29, 1.82) is 0 Å². The maximum Gasteiger partial charge on any atom is 0.191 e. The highest BCUT2D eigenvalue weighted by Gasteiger charge is 2.15. The first-order valence-electron chi connectivity index (χ1n) is 7.87. The van der Waals surface area contributed by atoms with E-state index in [4.69, 9.17) is 4.74 Å². The molecule has 1 heterocycles. The summed E-state index contributed by atoms with van der Waals surface area (Å²) in [4.78, 5) is 4.59. The summed E-state index contributed by atoms with van der Waals surface area (Å²) in [5.74, 6) is 0.826. The number of aryl methyl sites for hydroxylation is 2. The van der Waals surface area contributed by atoms with E-state index in [1.807, 2.05) is 25.6 Å². The molecule has 0 radical (unpaired) electrons. The first kappa shape index (κ1) is 18.5. The Labute approximate surface area is 134 Å². The van der Waals surface area contributed by atoms with Crippen LogP contribution in [0.4, 0.5) is 0 Å². The van der Waals surface area contributed by atoms with E-state index < -0.39 is 0 Å². The molecule has 0 aliphatic carbocycles. The van der Waals surface area contributed by atoms with Gasteiger partial charge < -0.3 is 15.4 Å². The third-order valence-corrected chi connectivity index (χ3v) is 3.84.